The molecule has 0 aliphatic heterocycles. The quantitative estimate of drug-likeness (QED) is 0.176. The van der Waals surface area contributed by atoms with Crippen LogP contribution in [0.2, 0.25) is 78.1 Å². The van der Waals surface area contributed by atoms with Crippen LogP contribution in [0, 0.1) is 0 Å². The van der Waals surface area contributed by atoms with Crippen LogP contribution in [-0.2, 0) is 23.2 Å². The molecular weight excluding hydrogens is 605 g/mol. The van der Waals surface area contributed by atoms with Crippen LogP contribution in [0.1, 0.15) is 31.4 Å². The van der Waals surface area contributed by atoms with Crippen LogP contribution in [0.3, 0.4) is 0 Å². The summed E-state index contributed by atoms with van der Waals surface area (Å²) in [6.45, 7) is 33.4. The minimum Gasteiger partial charge on any atom is -0.415 e. The van der Waals surface area contributed by atoms with Crippen LogP contribution in [0.4, 0.5) is 0 Å². The van der Waals surface area contributed by atoms with Crippen molar-refractivity contribution in [2.75, 3.05) is 0 Å². The monoisotopic (exact) mass is 662 g/mol. The lowest BCUT2D eigenvalue weighted by molar-refractivity contribution is 0.159. The van der Waals surface area contributed by atoms with Crippen LogP contribution in [0.25, 0.3) is 6.08 Å². The fourth-order valence-corrected chi connectivity index (χ4v) is 23.7. The fraction of sp³-hybridized carbons (Fsp3) is 0.548. The van der Waals surface area contributed by atoms with Crippen LogP contribution in [-0.4, -0.2) is 56.8 Å². The summed E-state index contributed by atoms with van der Waals surface area (Å²) in [4.78, 5) is 0. The Labute approximate surface area is 260 Å². The molecule has 230 valence electrons. The second kappa shape index (κ2) is 14.0. The molecule has 0 spiro atoms. The molecule has 0 bridgehead atoms. The van der Waals surface area contributed by atoms with Crippen molar-refractivity contribution in [3.8, 4) is 0 Å². The molecular formula is C31H58O4Si6. The fourth-order valence-electron chi connectivity index (χ4n) is 4.92. The highest BCUT2D eigenvalue weighted by atomic mass is 28.5. The molecule has 4 nitrogen and oxygen atoms in total. The Hall–Kier alpha value is -0.679. The Balaban J connectivity index is 2.23. The lowest BCUT2D eigenvalue weighted by Crippen LogP contribution is -2.67. The topological polar surface area (TPSA) is 36.9 Å². The Morgan fingerprint density at radius 3 is 1.59 bits per heavy atom. The molecule has 1 unspecified atom stereocenters. The summed E-state index contributed by atoms with van der Waals surface area (Å²) in [6.07, 6.45) is 3.97. The first-order valence-corrected chi connectivity index (χ1v) is 31.7. The molecule has 0 radical (unpaired) electrons. The minimum atomic E-state index is -3.07. The molecule has 0 saturated carbocycles. The number of aryl methyl sites for hydroxylation is 1. The van der Waals surface area contributed by atoms with E-state index in [0.29, 0.717) is 0 Å². The maximum Gasteiger partial charge on any atom is 0.505 e. The zero-order valence-electron chi connectivity index (χ0n) is 28.4. The molecule has 2 aromatic rings. The van der Waals surface area contributed by atoms with Crippen molar-refractivity contribution in [3.05, 3.63) is 66.2 Å². The van der Waals surface area contributed by atoms with E-state index in [1.165, 1.54) is 16.3 Å². The predicted molar refractivity (Wildman–Crippen MR) is 196 cm³/mol. The molecule has 0 fully saturated rings. The molecule has 0 aliphatic carbocycles. The van der Waals surface area contributed by atoms with Gasteiger partial charge in [-0.2, -0.15) is 0 Å². The highest BCUT2D eigenvalue weighted by Crippen LogP contribution is 2.27. The molecule has 2 aromatic carbocycles. The second-order valence-corrected chi connectivity index (χ2v) is 38.9. The van der Waals surface area contributed by atoms with Gasteiger partial charge in [-0.05, 0) is 109 Å². The molecule has 0 heterocycles. The summed E-state index contributed by atoms with van der Waals surface area (Å²) in [5.41, 5.74) is 2.51. The molecule has 1 atom stereocenters. The van der Waals surface area contributed by atoms with Crippen molar-refractivity contribution in [2.45, 2.75) is 110 Å². The maximum atomic E-state index is 7.04. The Morgan fingerprint density at radius 2 is 1.20 bits per heavy atom. The Kier molecular flexibility index (Phi) is 12.4. The molecule has 41 heavy (non-hydrogen) atoms. The smallest absolute Gasteiger partial charge is 0.415 e. The van der Waals surface area contributed by atoms with Gasteiger partial charge in [0.25, 0.3) is 0 Å². The summed E-state index contributed by atoms with van der Waals surface area (Å²) in [7, 11) is -11.4. The number of hydrogen-bond acceptors (Lipinski definition) is 4. The normalized spacial score (nSPS) is 15.3. The first kappa shape index (κ1) is 36.5. The highest BCUT2D eigenvalue weighted by molar-refractivity contribution is 6.95. The molecule has 0 aromatic heterocycles. The summed E-state index contributed by atoms with van der Waals surface area (Å²) in [6, 6.07) is 19.0. The van der Waals surface area contributed by atoms with Gasteiger partial charge in [-0.1, -0.05) is 73.3 Å². The van der Waals surface area contributed by atoms with Crippen LogP contribution in [0.5, 0.6) is 0 Å². The second-order valence-electron chi connectivity index (χ2n) is 15.2. The van der Waals surface area contributed by atoms with E-state index in [-0.39, 0.29) is 5.22 Å². The standard InChI is InChI=1S/C31H58O4Si6/c1-15-27-17-21-29(22-18-27)36-31(3,16-2)32-40(13,14)26-25-28-19-23-30(24-20-28)41(33-37(4,5)6,34-38(7,8)9)35-39(10,11)12/h15,17-24H,1,16,25-26,36H2,2-14H3. The lowest BCUT2D eigenvalue weighted by atomic mass is 10.2. The Bertz CT molecular complexity index is 1070. The van der Waals surface area contributed by atoms with E-state index in [4.69, 9.17) is 16.8 Å². The first-order valence-electron chi connectivity index (χ1n) is 15.2. The lowest BCUT2D eigenvalue weighted by Gasteiger charge is -2.42. The average molecular weight is 663 g/mol. The number of rotatable bonds is 16. The maximum absolute atomic E-state index is 7.04. The van der Waals surface area contributed by atoms with Crippen molar-refractivity contribution < 1.29 is 16.8 Å². The SMILES string of the molecule is C=Cc1ccc([SiH2]C(C)(CC)O[Si](C)(C)CCc2ccc([Si](O[Si](C)(C)C)(O[Si](C)(C)C)O[Si](C)(C)C)cc2)cc1. The molecule has 0 aliphatic rings. The molecule has 0 N–H and O–H groups in total. The van der Waals surface area contributed by atoms with Gasteiger partial charge in [0.2, 0.25) is 0 Å². The van der Waals surface area contributed by atoms with Crippen LogP contribution < -0.4 is 10.4 Å². The van der Waals surface area contributed by atoms with Crippen molar-refractivity contribution in [1.82, 2.24) is 0 Å². The summed E-state index contributed by atoms with van der Waals surface area (Å²) >= 11 is 0. The van der Waals surface area contributed by atoms with E-state index in [0.717, 1.165) is 24.1 Å². The summed E-state index contributed by atoms with van der Waals surface area (Å²) < 4.78 is 27.8. The van der Waals surface area contributed by atoms with Gasteiger partial charge in [-0.25, -0.2) is 0 Å². The van der Waals surface area contributed by atoms with E-state index in [2.05, 4.69) is 141 Å². The van der Waals surface area contributed by atoms with E-state index in [1.807, 2.05) is 6.08 Å². The van der Waals surface area contributed by atoms with Gasteiger partial charge >= 0.3 is 8.80 Å². The van der Waals surface area contributed by atoms with E-state index >= 15 is 0 Å². The third kappa shape index (κ3) is 12.8. The van der Waals surface area contributed by atoms with Gasteiger partial charge in [0.05, 0.1) is 9.52 Å². The zero-order valence-corrected chi connectivity index (χ0v) is 34.8. The van der Waals surface area contributed by atoms with Gasteiger partial charge in [-0.3, -0.25) is 0 Å². The van der Waals surface area contributed by atoms with E-state index in [1.54, 1.807) is 0 Å². The van der Waals surface area contributed by atoms with Crippen molar-refractivity contribution >= 4 is 68.0 Å². The van der Waals surface area contributed by atoms with Gasteiger partial charge in [0.15, 0.2) is 33.3 Å². The van der Waals surface area contributed by atoms with Gasteiger partial charge in [0, 0.05) is 10.4 Å². The Morgan fingerprint density at radius 1 is 0.732 bits per heavy atom. The number of hydrogen-bond donors (Lipinski definition) is 0. The van der Waals surface area contributed by atoms with Crippen LogP contribution in [0.15, 0.2) is 55.1 Å². The molecule has 10 heteroatoms. The summed E-state index contributed by atoms with van der Waals surface area (Å²) in [5, 5.41) is 2.53. The van der Waals surface area contributed by atoms with Crippen molar-refractivity contribution in [3.63, 3.8) is 0 Å². The highest BCUT2D eigenvalue weighted by Gasteiger charge is 2.52. The van der Waals surface area contributed by atoms with E-state index < -0.39 is 51.6 Å². The van der Waals surface area contributed by atoms with E-state index in [9.17, 15) is 0 Å². The molecule has 0 amide bonds. The predicted octanol–water partition coefficient (Wildman–Crippen LogP) is 7.41. The third-order valence-electron chi connectivity index (χ3n) is 6.71. The zero-order chi connectivity index (χ0) is 31.3. The van der Waals surface area contributed by atoms with Crippen molar-refractivity contribution in [1.29, 1.82) is 0 Å². The third-order valence-corrected chi connectivity index (χ3v) is 23.4. The van der Waals surface area contributed by atoms with Gasteiger partial charge in [0.1, 0.15) is 0 Å². The average Bonchev–Trinajstić information content (AvgIpc) is 2.80. The molecule has 0 saturated heterocycles. The van der Waals surface area contributed by atoms with Crippen molar-refractivity contribution in [2.24, 2.45) is 0 Å². The van der Waals surface area contributed by atoms with Gasteiger partial charge in [-0.15, -0.1) is 0 Å². The van der Waals surface area contributed by atoms with Gasteiger partial charge < -0.3 is 16.8 Å². The summed E-state index contributed by atoms with van der Waals surface area (Å²) in [5.74, 6) is 0. The van der Waals surface area contributed by atoms with Crippen LogP contribution >= 0.6 is 0 Å². The minimum absolute atomic E-state index is 0.0307. The number of benzene rings is 2. The first-order chi connectivity index (χ1) is 18.6. The largest absolute Gasteiger partial charge is 0.505 e. The molecule has 2 rings (SSSR count).